The number of ether oxygens (including phenoxy) is 2. The van der Waals surface area contributed by atoms with E-state index in [9.17, 15) is 18.0 Å². The van der Waals surface area contributed by atoms with E-state index in [0.29, 0.717) is 23.6 Å². The predicted octanol–water partition coefficient (Wildman–Crippen LogP) is 4.54. The standard InChI is InChI=1S/C24H27F3N2O3/c1-29(15-12-19-8-10-21(31-2)22(17-19)32-3)14-5-13-28-23(30)11-9-18-6-4-7-20(16-18)24(25,26)27/h4-11,14,16-17H,12-13,15H2,1-3H3,(H,28,30). The molecule has 0 saturated heterocycles. The number of nitrogens with one attached hydrogen (secondary N) is 1. The first-order valence-corrected chi connectivity index (χ1v) is 9.94. The number of hydrogen-bond acceptors (Lipinski definition) is 4. The molecule has 2 aromatic carbocycles. The lowest BCUT2D eigenvalue weighted by atomic mass is 10.1. The number of alkyl halides is 3. The Morgan fingerprint density at radius 3 is 2.53 bits per heavy atom. The smallest absolute Gasteiger partial charge is 0.416 e. The number of methoxy groups -OCH3 is 2. The highest BCUT2D eigenvalue weighted by molar-refractivity contribution is 5.91. The van der Waals surface area contributed by atoms with E-state index >= 15 is 0 Å². The fourth-order valence-corrected chi connectivity index (χ4v) is 2.86. The van der Waals surface area contributed by atoms with Crippen LogP contribution < -0.4 is 14.8 Å². The predicted molar refractivity (Wildman–Crippen MR) is 119 cm³/mol. The molecule has 2 rings (SSSR count). The number of benzene rings is 2. The number of amides is 1. The molecule has 0 aliphatic heterocycles. The minimum Gasteiger partial charge on any atom is -0.493 e. The van der Waals surface area contributed by atoms with Crippen LogP contribution in [0.15, 0.2) is 60.8 Å². The lowest BCUT2D eigenvalue weighted by Crippen LogP contribution is -2.21. The van der Waals surface area contributed by atoms with Crippen molar-refractivity contribution in [2.45, 2.75) is 12.6 Å². The Bertz CT molecular complexity index is 956. The summed E-state index contributed by atoms with van der Waals surface area (Å²) in [4.78, 5) is 13.9. The Labute approximate surface area is 186 Å². The third-order valence-electron chi connectivity index (χ3n) is 4.60. The summed E-state index contributed by atoms with van der Waals surface area (Å²) in [5, 5.41) is 2.66. The summed E-state index contributed by atoms with van der Waals surface area (Å²) in [7, 11) is 5.11. The average Bonchev–Trinajstić information content (AvgIpc) is 2.78. The normalized spacial score (nSPS) is 11.7. The molecule has 172 valence electrons. The topological polar surface area (TPSA) is 50.8 Å². The first kappa shape index (κ1) is 24.8. The van der Waals surface area contributed by atoms with E-state index in [4.69, 9.17) is 9.47 Å². The highest BCUT2D eigenvalue weighted by Gasteiger charge is 2.30. The molecule has 0 radical (unpaired) electrons. The summed E-state index contributed by atoms with van der Waals surface area (Å²) < 4.78 is 48.7. The summed E-state index contributed by atoms with van der Waals surface area (Å²) in [6.07, 6.45) is 2.60. The highest BCUT2D eigenvalue weighted by Crippen LogP contribution is 2.30. The van der Waals surface area contributed by atoms with Crippen molar-refractivity contribution in [1.29, 1.82) is 0 Å². The first-order chi connectivity index (χ1) is 15.2. The van der Waals surface area contributed by atoms with Gasteiger partial charge in [0.25, 0.3) is 0 Å². The molecule has 0 unspecified atom stereocenters. The quantitative estimate of drug-likeness (QED) is 0.543. The van der Waals surface area contributed by atoms with Crippen molar-refractivity contribution >= 4 is 12.0 Å². The van der Waals surface area contributed by atoms with E-state index in [1.807, 2.05) is 36.3 Å². The number of carbonyl (C=O) groups excluding carboxylic acids is 1. The maximum atomic E-state index is 12.7. The monoisotopic (exact) mass is 448 g/mol. The van der Waals surface area contributed by atoms with Crippen LogP contribution >= 0.6 is 0 Å². The van der Waals surface area contributed by atoms with Crippen LogP contribution in [0.4, 0.5) is 13.2 Å². The van der Waals surface area contributed by atoms with Gasteiger partial charge < -0.3 is 19.7 Å². The Morgan fingerprint density at radius 1 is 1.09 bits per heavy atom. The number of rotatable bonds is 10. The first-order valence-electron chi connectivity index (χ1n) is 9.94. The fourth-order valence-electron chi connectivity index (χ4n) is 2.86. The molecule has 0 spiro atoms. The molecule has 0 bridgehead atoms. The van der Waals surface area contributed by atoms with Gasteiger partial charge in [0.1, 0.15) is 0 Å². The molecule has 0 saturated carbocycles. The van der Waals surface area contributed by atoms with Crippen LogP contribution in [0.25, 0.3) is 6.08 Å². The van der Waals surface area contributed by atoms with Crippen molar-refractivity contribution in [3.63, 3.8) is 0 Å². The largest absolute Gasteiger partial charge is 0.493 e. The Kier molecular flexibility index (Phi) is 9.19. The van der Waals surface area contributed by atoms with Crippen molar-refractivity contribution in [3.05, 3.63) is 77.5 Å². The van der Waals surface area contributed by atoms with Gasteiger partial charge in [0.15, 0.2) is 11.5 Å². The average molecular weight is 448 g/mol. The molecule has 0 aliphatic rings. The second kappa shape index (κ2) is 11.8. The van der Waals surface area contributed by atoms with Crippen molar-refractivity contribution in [2.24, 2.45) is 0 Å². The van der Waals surface area contributed by atoms with Gasteiger partial charge in [0, 0.05) is 26.2 Å². The van der Waals surface area contributed by atoms with Gasteiger partial charge in [-0.25, -0.2) is 0 Å². The van der Waals surface area contributed by atoms with Gasteiger partial charge in [-0.2, -0.15) is 13.2 Å². The van der Waals surface area contributed by atoms with E-state index in [-0.39, 0.29) is 5.91 Å². The molecule has 1 amide bonds. The number of likely N-dealkylation sites (N-methyl/N-ethyl adjacent to an activating group) is 1. The Balaban J connectivity index is 1.76. The maximum Gasteiger partial charge on any atom is 0.416 e. The fraction of sp³-hybridized carbons (Fsp3) is 0.292. The molecule has 0 aliphatic carbocycles. The van der Waals surface area contributed by atoms with Gasteiger partial charge >= 0.3 is 6.18 Å². The maximum absolute atomic E-state index is 12.7. The number of nitrogens with zero attached hydrogens (tertiary/aromatic N) is 1. The van der Waals surface area contributed by atoms with Gasteiger partial charge in [-0.05, 0) is 60.2 Å². The van der Waals surface area contributed by atoms with Crippen LogP contribution in [-0.4, -0.2) is 45.2 Å². The van der Waals surface area contributed by atoms with Gasteiger partial charge in [0.2, 0.25) is 5.91 Å². The lowest BCUT2D eigenvalue weighted by molar-refractivity contribution is -0.137. The molecule has 2 aromatic rings. The molecular formula is C24H27F3N2O3. The van der Waals surface area contributed by atoms with E-state index in [0.717, 1.165) is 30.7 Å². The second-order valence-electron chi connectivity index (χ2n) is 7.01. The van der Waals surface area contributed by atoms with Gasteiger partial charge in [-0.3, -0.25) is 4.79 Å². The van der Waals surface area contributed by atoms with Gasteiger partial charge in [-0.15, -0.1) is 0 Å². The van der Waals surface area contributed by atoms with E-state index in [2.05, 4.69) is 5.32 Å². The van der Waals surface area contributed by atoms with E-state index in [1.165, 1.54) is 24.3 Å². The van der Waals surface area contributed by atoms with Crippen LogP contribution in [0.2, 0.25) is 0 Å². The van der Waals surface area contributed by atoms with Crippen molar-refractivity contribution in [3.8, 4) is 11.5 Å². The lowest BCUT2D eigenvalue weighted by Gasteiger charge is -2.15. The zero-order valence-electron chi connectivity index (χ0n) is 18.3. The second-order valence-corrected chi connectivity index (χ2v) is 7.01. The molecular weight excluding hydrogens is 421 g/mol. The summed E-state index contributed by atoms with van der Waals surface area (Å²) in [5.41, 5.74) is 0.662. The third kappa shape index (κ3) is 8.02. The number of halogens is 3. The molecule has 0 heterocycles. The highest BCUT2D eigenvalue weighted by atomic mass is 19.4. The molecule has 0 aromatic heterocycles. The Hall–Kier alpha value is -3.42. The SMILES string of the molecule is COc1ccc(CCN(C)C=CCNC(=O)C=Cc2cccc(C(F)(F)F)c2)cc1OC. The van der Waals surface area contributed by atoms with Crippen LogP contribution in [0.1, 0.15) is 16.7 Å². The molecule has 5 nitrogen and oxygen atoms in total. The molecule has 8 heteroatoms. The van der Waals surface area contributed by atoms with E-state index in [1.54, 1.807) is 20.3 Å². The minimum atomic E-state index is -4.41. The summed E-state index contributed by atoms with van der Waals surface area (Å²) >= 11 is 0. The van der Waals surface area contributed by atoms with E-state index < -0.39 is 11.7 Å². The van der Waals surface area contributed by atoms with Gasteiger partial charge in [0.05, 0.1) is 19.8 Å². The van der Waals surface area contributed by atoms with Crippen molar-refractivity contribution in [2.75, 3.05) is 34.4 Å². The van der Waals surface area contributed by atoms with Crippen molar-refractivity contribution in [1.82, 2.24) is 10.2 Å². The molecule has 0 fully saturated rings. The summed E-state index contributed by atoms with van der Waals surface area (Å²) in [6.45, 7) is 1.06. The minimum absolute atomic E-state index is 0.298. The molecule has 0 atom stereocenters. The zero-order chi connectivity index (χ0) is 23.6. The van der Waals surface area contributed by atoms with Crippen molar-refractivity contribution < 1.29 is 27.4 Å². The molecule has 1 N–H and O–H groups in total. The third-order valence-corrected chi connectivity index (χ3v) is 4.60. The number of hydrogen-bond donors (Lipinski definition) is 1. The van der Waals surface area contributed by atoms with Gasteiger partial charge in [-0.1, -0.05) is 18.2 Å². The van der Waals surface area contributed by atoms with Crippen LogP contribution in [-0.2, 0) is 17.4 Å². The van der Waals surface area contributed by atoms with Crippen LogP contribution in [0.5, 0.6) is 11.5 Å². The van der Waals surface area contributed by atoms with Crippen LogP contribution in [0, 0.1) is 0 Å². The molecule has 32 heavy (non-hydrogen) atoms. The summed E-state index contributed by atoms with van der Waals surface area (Å²) in [5.74, 6) is 0.978. The summed E-state index contributed by atoms with van der Waals surface area (Å²) in [6, 6.07) is 10.6. The zero-order valence-corrected chi connectivity index (χ0v) is 18.3. The number of carbonyl (C=O) groups is 1. The Morgan fingerprint density at radius 2 is 1.84 bits per heavy atom. The van der Waals surface area contributed by atoms with Crippen LogP contribution in [0.3, 0.4) is 0 Å².